The molecule has 1 amide bonds. The fourth-order valence-electron chi connectivity index (χ4n) is 4.27. The second-order valence-electron chi connectivity index (χ2n) is 8.47. The molecule has 0 aromatic rings. The van der Waals surface area contributed by atoms with Crippen molar-refractivity contribution in [3.05, 3.63) is 0 Å². The summed E-state index contributed by atoms with van der Waals surface area (Å²) >= 11 is 0. The van der Waals surface area contributed by atoms with Crippen molar-refractivity contribution >= 4 is 16.3 Å². The fourth-order valence-corrected chi connectivity index (χ4v) is 5.11. The van der Waals surface area contributed by atoms with Crippen LogP contribution in [0.25, 0.3) is 0 Å². The lowest BCUT2D eigenvalue weighted by Gasteiger charge is -2.33. The molecule has 1 heterocycles. The van der Waals surface area contributed by atoms with Gasteiger partial charge in [0, 0.05) is 26.2 Å². The van der Waals surface area contributed by atoms with Crippen LogP contribution in [0.2, 0.25) is 0 Å². The monoisotopic (exact) mass is 405 g/mol. The van der Waals surface area contributed by atoms with Crippen molar-refractivity contribution in [1.29, 1.82) is 0 Å². The smallest absolute Gasteiger partial charge is 0.407 e. The van der Waals surface area contributed by atoms with Gasteiger partial charge in [0.15, 0.2) is 0 Å². The van der Waals surface area contributed by atoms with Crippen LogP contribution in [0, 0.1) is 11.8 Å². The lowest BCUT2D eigenvalue weighted by Crippen LogP contribution is -2.52. The zero-order valence-electron chi connectivity index (χ0n) is 17.1. The SMILES string of the molecule is CC(C)C1CCC(OC[C@H]2[C@@H](NS(=O)(=O)N(C)C)C[C@@H](C)N2C(=O)O)CC1. The predicted molar refractivity (Wildman–Crippen MR) is 104 cm³/mol. The molecular weight excluding hydrogens is 370 g/mol. The number of ether oxygens (including phenoxy) is 1. The van der Waals surface area contributed by atoms with E-state index in [0.717, 1.165) is 35.9 Å². The van der Waals surface area contributed by atoms with E-state index in [2.05, 4.69) is 18.6 Å². The Labute approximate surface area is 163 Å². The quantitative estimate of drug-likeness (QED) is 0.676. The summed E-state index contributed by atoms with van der Waals surface area (Å²) in [6, 6.07) is -1.27. The van der Waals surface area contributed by atoms with Gasteiger partial charge in [-0.15, -0.1) is 0 Å². The van der Waals surface area contributed by atoms with E-state index in [1.54, 1.807) is 6.92 Å². The fraction of sp³-hybridized carbons (Fsp3) is 0.944. The van der Waals surface area contributed by atoms with Crippen LogP contribution in [0.5, 0.6) is 0 Å². The minimum absolute atomic E-state index is 0.123. The Morgan fingerprint density at radius 1 is 1.26 bits per heavy atom. The average molecular weight is 406 g/mol. The van der Waals surface area contributed by atoms with E-state index in [1.165, 1.54) is 19.0 Å². The van der Waals surface area contributed by atoms with Crippen LogP contribution in [0.1, 0.15) is 52.9 Å². The molecule has 1 aliphatic heterocycles. The maximum Gasteiger partial charge on any atom is 0.407 e. The van der Waals surface area contributed by atoms with Gasteiger partial charge in [0.2, 0.25) is 0 Å². The molecule has 0 aromatic heterocycles. The highest BCUT2D eigenvalue weighted by Crippen LogP contribution is 2.32. The van der Waals surface area contributed by atoms with E-state index in [0.29, 0.717) is 12.3 Å². The molecule has 1 aliphatic carbocycles. The third-order valence-electron chi connectivity index (χ3n) is 6.06. The Morgan fingerprint density at radius 3 is 2.33 bits per heavy atom. The molecule has 2 N–H and O–H groups in total. The minimum atomic E-state index is -3.64. The lowest BCUT2D eigenvalue weighted by molar-refractivity contribution is -0.0147. The second kappa shape index (κ2) is 9.07. The molecule has 2 fully saturated rings. The highest BCUT2D eigenvalue weighted by Gasteiger charge is 2.44. The van der Waals surface area contributed by atoms with Gasteiger partial charge >= 0.3 is 6.09 Å². The van der Waals surface area contributed by atoms with Crippen LogP contribution >= 0.6 is 0 Å². The van der Waals surface area contributed by atoms with Crippen molar-refractivity contribution in [2.24, 2.45) is 11.8 Å². The topological polar surface area (TPSA) is 99.2 Å². The number of carbonyl (C=O) groups is 1. The molecule has 9 heteroatoms. The van der Waals surface area contributed by atoms with Crippen molar-refractivity contribution < 1.29 is 23.1 Å². The van der Waals surface area contributed by atoms with Gasteiger partial charge in [-0.3, -0.25) is 4.90 Å². The standard InChI is InChI=1S/C18H35N3O5S/c1-12(2)14-6-8-15(9-7-14)26-11-17-16(19-27(24,25)20(4)5)10-13(3)21(17)18(22)23/h12-17,19H,6-11H2,1-5H3,(H,22,23)/t13-,14?,15?,16+,17+/m1/s1. The van der Waals surface area contributed by atoms with E-state index in [9.17, 15) is 18.3 Å². The number of carboxylic acid groups (broad SMARTS) is 1. The summed E-state index contributed by atoms with van der Waals surface area (Å²) in [6.45, 7) is 6.52. The first-order chi connectivity index (χ1) is 12.5. The van der Waals surface area contributed by atoms with Crippen LogP contribution < -0.4 is 4.72 Å². The second-order valence-corrected chi connectivity index (χ2v) is 10.4. The van der Waals surface area contributed by atoms with E-state index < -0.39 is 28.4 Å². The highest BCUT2D eigenvalue weighted by atomic mass is 32.2. The Kier molecular flexibility index (Phi) is 7.52. The van der Waals surface area contributed by atoms with Gasteiger partial charge in [-0.05, 0) is 50.9 Å². The van der Waals surface area contributed by atoms with Crippen LogP contribution in [0.15, 0.2) is 0 Å². The van der Waals surface area contributed by atoms with E-state index in [-0.39, 0.29) is 18.8 Å². The summed E-state index contributed by atoms with van der Waals surface area (Å²) in [6.07, 6.45) is 3.74. The third-order valence-corrected chi connectivity index (χ3v) is 7.62. The minimum Gasteiger partial charge on any atom is -0.465 e. The van der Waals surface area contributed by atoms with Gasteiger partial charge in [0.1, 0.15) is 0 Å². The van der Waals surface area contributed by atoms with Crippen LogP contribution in [0.3, 0.4) is 0 Å². The molecule has 0 aromatic carbocycles. The summed E-state index contributed by atoms with van der Waals surface area (Å²) < 4.78 is 34.3. The van der Waals surface area contributed by atoms with Crippen molar-refractivity contribution in [1.82, 2.24) is 13.9 Å². The number of nitrogens with zero attached hydrogens (tertiary/aromatic N) is 2. The molecule has 1 saturated heterocycles. The Morgan fingerprint density at radius 2 is 1.85 bits per heavy atom. The number of likely N-dealkylation sites (tertiary alicyclic amines) is 1. The molecule has 0 unspecified atom stereocenters. The van der Waals surface area contributed by atoms with Crippen molar-refractivity contribution in [2.45, 2.75) is 77.1 Å². The molecule has 0 bridgehead atoms. The highest BCUT2D eigenvalue weighted by molar-refractivity contribution is 7.87. The predicted octanol–water partition coefficient (Wildman–Crippen LogP) is 2.12. The molecule has 1 saturated carbocycles. The van der Waals surface area contributed by atoms with Gasteiger partial charge in [-0.1, -0.05) is 13.8 Å². The van der Waals surface area contributed by atoms with E-state index in [4.69, 9.17) is 4.74 Å². The van der Waals surface area contributed by atoms with E-state index >= 15 is 0 Å². The maximum absolute atomic E-state index is 12.2. The molecular formula is C18H35N3O5S. The van der Waals surface area contributed by atoms with Gasteiger partial charge < -0.3 is 9.84 Å². The van der Waals surface area contributed by atoms with Crippen LogP contribution in [-0.2, 0) is 14.9 Å². The largest absolute Gasteiger partial charge is 0.465 e. The number of hydrogen-bond acceptors (Lipinski definition) is 4. The van der Waals surface area contributed by atoms with Crippen LogP contribution in [-0.4, -0.2) is 73.8 Å². The molecule has 2 aliphatic rings. The number of nitrogens with one attached hydrogen (secondary N) is 1. The van der Waals surface area contributed by atoms with Crippen molar-refractivity contribution in [3.8, 4) is 0 Å². The van der Waals surface area contributed by atoms with Crippen molar-refractivity contribution in [2.75, 3.05) is 20.7 Å². The zero-order chi connectivity index (χ0) is 20.4. The zero-order valence-corrected chi connectivity index (χ0v) is 17.9. The summed E-state index contributed by atoms with van der Waals surface area (Å²) in [7, 11) is -0.733. The number of amides is 1. The molecule has 0 spiro atoms. The summed E-state index contributed by atoms with van der Waals surface area (Å²) in [5.41, 5.74) is 0. The Balaban J connectivity index is 2.01. The first kappa shape index (κ1) is 22.4. The normalized spacial score (nSPS) is 32.4. The summed E-state index contributed by atoms with van der Waals surface area (Å²) in [5, 5.41) is 9.59. The van der Waals surface area contributed by atoms with Crippen molar-refractivity contribution in [3.63, 3.8) is 0 Å². The first-order valence-corrected chi connectivity index (χ1v) is 11.3. The third kappa shape index (κ3) is 5.56. The average Bonchev–Trinajstić information content (AvgIpc) is 2.87. The summed E-state index contributed by atoms with van der Waals surface area (Å²) in [5.74, 6) is 1.40. The maximum atomic E-state index is 12.2. The first-order valence-electron chi connectivity index (χ1n) is 9.85. The van der Waals surface area contributed by atoms with Gasteiger partial charge in [-0.2, -0.15) is 17.4 Å². The molecule has 0 radical (unpaired) electrons. The van der Waals surface area contributed by atoms with Gasteiger partial charge in [-0.25, -0.2) is 4.79 Å². The molecule has 8 nitrogen and oxygen atoms in total. The molecule has 27 heavy (non-hydrogen) atoms. The van der Waals surface area contributed by atoms with Gasteiger partial charge in [0.25, 0.3) is 10.2 Å². The Bertz CT molecular complexity index is 602. The summed E-state index contributed by atoms with van der Waals surface area (Å²) in [4.78, 5) is 13.1. The van der Waals surface area contributed by atoms with E-state index in [1.807, 2.05) is 0 Å². The number of rotatable bonds is 7. The Hall–Kier alpha value is -0.900. The van der Waals surface area contributed by atoms with Gasteiger partial charge in [0.05, 0.1) is 18.8 Å². The van der Waals surface area contributed by atoms with Crippen LogP contribution in [0.4, 0.5) is 4.79 Å². The molecule has 2 rings (SSSR count). The number of hydrogen-bond donors (Lipinski definition) is 2. The molecule has 3 atom stereocenters. The lowest BCUT2D eigenvalue weighted by atomic mass is 9.80. The molecule has 158 valence electrons.